The Morgan fingerprint density at radius 2 is 1.28 bits per heavy atom. The van der Waals surface area contributed by atoms with E-state index in [4.69, 9.17) is 4.74 Å². The molecule has 1 aliphatic rings. The number of hydrogen-bond acceptors (Lipinski definition) is 2. The zero-order valence-corrected chi connectivity index (χ0v) is 14.3. The van der Waals surface area contributed by atoms with Gasteiger partial charge in [-0.1, -0.05) is 66.7 Å². The second-order valence-electron chi connectivity index (χ2n) is 6.51. The smallest absolute Gasteiger partial charge is 0.120 e. The maximum absolute atomic E-state index is 6.27. The van der Waals surface area contributed by atoms with Crippen molar-refractivity contribution in [2.75, 3.05) is 13.1 Å². The molecule has 0 saturated carbocycles. The molecule has 0 aliphatic carbocycles. The second-order valence-corrected chi connectivity index (χ2v) is 6.51. The van der Waals surface area contributed by atoms with E-state index in [0.29, 0.717) is 6.10 Å². The molecule has 0 aromatic heterocycles. The molecule has 3 aromatic carbocycles. The fourth-order valence-corrected chi connectivity index (χ4v) is 3.43. The van der Waals surface area contributed by atoms with Gasteiger partial charge in [-0.15, -0.1) is 0 Å². The standard InChI is InChI=1S/C23H23NO/c1-3-7-18(8-4-1)22-12-11-21(25-20-13-15-24-16-14-20)17-23(22)19-9-5-2-6-10-19/h1-12,17,20,24H,13-16H2. The van der Waals surface area contributed by atoms with Crippen molar-refractivity contribution in [1.29, 1.82) is 0 Å². The quantitative estimate of drug-likeness (QED) is 0.714. The third-order valence-corrected chi connectivity index (χ3v) is 4.75. The molecule has 2 heteroatoms. The van der Waals surface area contributed by atoms with E-state index in [-0.39, 0.29) is 0 Å². The summed E-state index contributed by atoms with van der Waals surface area (Å²) in [7, 11) is 0. The normalized spacial score (nSPS) is 15.0. The van der Waals surface area contributed by atoms with Crippen molar-refractivity contribution in [1.82, 2.24) is 5.32 Å². The van der Waals surface area contributed by atoms with Crippen molar-refractivity contribution in [3.8, 4) is 28.0 Å². The first-order chi connectivity index (χ1) is 12.4. The second kappa shape index (κ2) is 7.54. The van der Waals surface area contributed by atoms with Crippen molar-refractivity contribution in [3.05, 3.63) is 78.9 Å². The van der Waals surface area contributed by atoms with Crippen LogP contribution in [0.2, 0.25) is 0 Å². The Kier molecular flexibility index (Phi) is 4.80. The molecule has 1 fully saturated rings. The van der Waals surface area contributed by atoms with Crippen LogP contribution in [0.25, 0.3) is 22.3 Å². The summed E-state index contributed by atoms with van der Waals surface area (Å²) in [5.74, 6) is 0.963. The monoisotopic (exact) mass is 329 g/mol. The Hall–Kier alpha value is -2.58. The minimum atomic E-state index is 0.312. The number of ether oxygens (including phenoxy) is 1. The number of hydrogen-bond donors (Lipinski definition) is 1. The molecule has 1 N–H and O–H groups in total. The van der Waals surface area contributed by atoms with Crippen molar-refractivity contribution in [2.24, 2.45) is 0 Å². The average molecular weight is 329 g/mol. The summed E-state index contributed by atoms with van der Waals surface area (Å²) >= 11 is 0. The maximum Gasteiger partial charge on any atom is 0.120 e. The average Bonchev–Trinajstić information content (AvgIpc) is 2.70. The third-order valence-electron chi connectivity index (χ3n) is 4.75. The van der Waals surface area contributed by atoms with Crippen LogP contribution in [0.3, 0.4) is 0 Å². The predicted octanol–water partition coefficient (Wildman–Crippen LogP) is 5.15. The van der Waals surface area contributed by atoms with E-state index in [2.05, 4.69) is 84.2 Å². The van der Waals surface area contributed by atoms with E-state index in [0.717, 1.165) is 31.7 Å². The van der Waals surface area contributed by atoms with E-state index < -0.39 is 0 Å². The van der Waals surface area contributed by atoms with E-state index in [1.807, 2.05) is 0 Å². The zero-order valence-electron chi connectivity index (χ0n) is 14.3. The molecule has 1 heterocycles. The molecular weight excluding hydrogens is 306 g/mol. The van der Waals surface area contributed by atoms with Crippen molar-refractivity contribution >= 4 is 0 Å². The predicted molar refractivity (Wildman–Crippen MR) is 104 cm³/mol. The van der Waals surface area contributed by atoms with Crippen LogP contribution in [0.4, 0.5) is 0 Å². The SMILES string of the molecule is c1ccc(-c2ccc(OC3CCNCC3)cc2-c2ccccc2)cc1. The molecule has 25 heavy (non-hydrogen) atoms. The van der Waals surface area contributed by atoms with E-state index in [9.17, 15) is 0 Å². The van der Waals surface area contributed by atoms with Crippen LogP contribution in [0.5, 0.6) is 5.75 Å². The molecule has 0 bridgehead atoms. The van der Waals surface area contributed by atoms with Crippen LogP contribution in [-0.2, 0) is 0 Å². The van der Waals surface area contributed by atoms with Gasteiger partial charge >= 0.3 is 0 Å². The lowest BCUT2D eigenvalue weighted by atomic mass is 9.94. The summed E-state index contributed by atoms with van der Waals surface area (Å²) in [6.45, 7) is 2.08. The summed E-state index contributed by atoms with van der Waals surface area (Å²) < 4.78 is 6.27. The van der Waals surface area contributed by atoms with E-state index in [1.165, 1.54) is 22.3 Å². The number of benzene rings is 3. The van der Waals surface area contributed by atoms with Gasteiger partial charge in [0.2, 0.25) is 0 Å². The van der Waals surface area contributed by atoms with Crippen molar-refractivity contribution in [2.45, 2.75) is 18.9 Å². The summed E-state index contributed by atoms with van der Waals surface area (Å²) in [5.41, 5.74) is 4.91. The summed E-state index contributed by atoms with van der Waals surface area (Å²) in [6, 6.07) is 27.6. The van der Waals surface area contributed by atoms with Gasteiger partial charge in [0.05, 0.1) is 0 Å². The van der Waals surface area contributed by atoms with E-state index >= 15 is 0 Å². The molecule has 0 radical (unpaired) electrons. The van der Waals surface area contributed by atoms with Crippen LogP contribution in [0.15, 0.2) is 78.9 Å². The lowest BCUT2D eigenvalue weighted by Crippen LogP contribution is -2.34. The first kappa shape index (κ1) is 15.9. The lowest BCUT2D eigenvalue weighted by Gasteiger charge is -2.24. The molecule has 2 nitrogen and oxygen atoms in total. The molecular formula is C23H23NO. The lowest BCUT2D eigenvalue weighted by molar-refractivity contribution is 0.162. The molecule has 0 unspecified atom stereocenters. The molecule has 1 saturated heterocycles. The fraction of sp³-hybridized carbons (Fsp3) is 0.217. The number of piperidine rings is 1. The Morgan fingerprint density at radius 3 is 1.92 bits per heavy atom. The number of rotatable bonds is 4. The van der Waals surface area contributed by atoms with Gasteiger partial charge in [-0.25, -0.2) is 0 Å². The Bertz CT molecular complexity index is 808. The highest BCUT2D eigenvalue weighted by molar-refractivity contribution is 5.84. The molecule has 0 atom stereocenters. The third kappa shape index (κ3) is 3.75. The Balaban J connectivity index is 1.72. The first-order valence-electron chi connectivity index (χ1n) is 9.02. The first-order valence-corrected chi connectivity index (χ1v) is 9.02. The van der Waals surface area contributed by atoms with Crippen LogP contribution >= 0.6 is 0 Å². The minimum Gasteiger partial charge on any atom is -0.490 e. The highest BCUT2D eigenvalue weighted by Gasteiger charge is 2.16. The molecule has 0 amide bonds. The summed E-state index contributed by atoms with van der Waals surface area (Å²) in [6.07, 6.45) is 2.45. The van der Waals surface area contributed by atoms with Gasteiger partial charge in [0, 0.05) is 0 Å². The maximum atomic E-state index is 6.27. The van der Waals surface area contributed by atoms with Crippen LogP contribution in [0.1, 0.15) is 12.8 Å². The Morgan fingerprint density at radius 1 is 0.680 bits per heavy atom. The van der Waals surface area contributed by atoms with Gasteiger partial charge in [-0.2, -0.15) is 0 Å². The highest BCUT2D eigenvalue weighted by Crippen LogP contribution is 2.35. The van der Waals surface area contributed by atoms with Crippen LogP contribution in [-0.4, -0.2) is 19.2 Å². The molecule has 4 rings (SSSR count). The van der Waals surface area contributed by atoms with Crippen LogP contribution < -0.4 is 10.1 Å². The topological polar surface area (TPSA) is 21.3 Å². The highest BCUT2D eigenvalue weighted by atomic mass is 16.5. The molecule has 126 valence electrons. The fourth-order valence-electron chi connectivity index (χ4n) is 3.43. The van der Waals surface area contributed by atoms with Gasteiger partial charge < -0.3 is 10.1 Å². The summed E-state index contributed by atoms with van der Waals surface area (Å²) in [5, 5.41) is 3.39. The Labute approximate surface area is 149 Å². The van der Waals surface area contributed by atoms with Gasteiger partial charge in [-0.3, -0.25) is 0 Å². The summed E-state index contributed by atoms with van der Waals surface area (Å²) in [4.78, 5) is 0. The largest absolute Gasteiger partial charge is 0.490 e. The minimum absolute atomic E-state index is 0.312. The van der Waals surface area contributed by atoms with Crippen molar-refractivity contribution < 1.29 is 4.74 Å². The molecule has 3 aromatic rings. The van der Waals surface area contributed by atoms with Gasteiger partial charge in [0.25, 0.3) is 0 Å². The zero-order chi connectivity index (χ0) is 16.9. The van der Waals surface area contributed by atoms with E-state index in [1.54, 1.807) is 0 Å². The molecule has 1 aliphatic heterocycles. The molecule has 0 spiro atoms. The van der Waals surface area contributed by atoms with Crippen molar-refractivity contribution in [3.63, 3.8) is 0 Å². The van der Waals surface area contributed by atoms with Gasteiger partial charge in [0.15, 0.2) is 0 Å². The van der Waals surface area contributed by atoms with Crippen LogP contribution in [0, 0.1) is 0 Å². The number of nitrogens with one attached hydrogen (secondary N) is 1. The van der Waals surface area contributed by atoms with Gasteiger partial charge in [-0.05, 0) is 60.3 Å². The van der Waals surface area contributed by atoms with Gasteiger partial charge in [0.1, 0.15) is 11.9 Å².